The molecule has 0 atom stereocenters. The smallest absolute Gasteiger partial charge is 0.417 e. The highest BCUT2D eigenvalue weighted by atomic mass is 19.4. The van der Waals surface area contributed by atoms with Crippen LogP contribution in [0.5, 0.6) is 0 Å². The van der Waals surface area contributed by atoms with E-state index in [0.29, 0.717) is 5.52 Å². The molecule has 1 aromatic carbocycles. The first-order valence-electron chi connectivity index (χ1n) is 4.97. The van der Waals surface area contributed by atoms with Crippen LogP contribution < -0.4 is 0 Å². The van der Waals surface area contributed by atoms with Gasteiger partial charge in [-0.2, -0.15) is 13.2 Å². The molecule has 0 saturated carbocycles. The second kappa shape index (κ2) is 4.29. The second-order valence-electron chi connectivity index (χ2n) is 3.62. The van der Waals surface area contributed by atoms with Crippen molar-refractivity contribution in [2.75, 3.05) is 7.11 Å². The van der Waals surface area contributed by atoms with Crippen LogP contribution in [-0.4, -0.2) is 18.1 Å². The molecule has 0 aliphatic rings. The summed E-state index contributed by atoms with van der Waals surface area (Å²) < 4.78 is 42.0. The van der Waals surface area contributed by atoms with Gasteiger partial charge < -0.3 is 4.74 Å². The summed E-state index contributed by atoms with van der Waals surface area (Å²) >= 11 is 0. The number of esters is 1. The van der Waals surface area contributed by atoms with Crippen LogP contribution in [0.3, 0.4) is 0 Å². The standard InChI is InChI=1S/C12H8F3NO2/c1-18-11(17)7-2-3-10-8(4-7)5-9(6-16-10)12(13,14)15/h2-6H,1H3. The number of ether oxygens (including phenoxy) is 1. The van der Waals surface area contributed by atoms with Crippen LogP contribution in [-0.2, 0) is 10.9 Å². The second-order valence-corrected chi connectivity index (χ2v) is 3.62. The molecule has 94 valence electrons. The summed E-state index contributed by atoms with van der Waals surface area (Å²) in [4.78, 5) is 15.0. The molecular weight excluding hydrogens is 247 g/mol. The maximum absolute atomic E-state index is 12.5. The Morgan fingerprint density at radius 1 is 1.28 bits per heavy atom. The minimum absolute atomic E-state index is 0.186. The van der Waals surface area contributed by atoms with Crippen molar-refractivity contribution >= 4 is 16.9 Å². The number of methoxy groups -OCH3 is 1. The summed E-state index contributed by atoms with van der Waals surface area (Å²) in [6.07, 6.45) is -3.69. The zero-order valence-electron chi connectivity index (χ0n) is 9.28. The lowest BCUT2D eigenvalue weighted by atomic mass is 10.1. The Kier molecular flexibility index (Phi) is 2.94. The highest BCUT2D eigenvalue weighted by Gasteiger charge is 2.31. The van der Waals surface area contributed by atoms with Crippen molar-refractivity contribution in [3.8, 4) is 0 Å². The molecule has 0 fully saturated rings. The summed E-state index contributed by atoms with van der Waals surface area (Å²) in [5.74, 6) is -0.602. The summed E-state index contributed by atoms with van der Waals surface area (Å²) in [5.41, 5.74) is -0.279. The first kappa shape index (κ1) is 12.3. The number of hydrogen-bond acceptors (Lipinski definition) is 3. The van der Waals surface area contributed by atoms with E-state index in [9.17, 15) is 18.0 Å². The first-order chi connectivity index (χ1) is 8.41. The summed E-state index contributed by atoms with van der Waals surface area (Å²) in [6, 6.07) is 5.20. The molecule has 3 nitrogen and oxygen atoms in total. The fraction of sp³-hybridized carbons (Fsp3) is 0.167. The Bertz CT molecular complexity index is 608. The summed E-state index contributed by atoms with van der Waals surface area (Å²) in [6.45, 7) is 0. The molecular formula is C12H8F3NO2. The third-order valence-electron chi connectivity index (χ3n) is 2.43. The molecule has 0 unspecified atom stereocenters. The van der Waals surface area contributed by atoms with E-state index >= 15 is 0 Å². The highest BCUT2D eigenvalue weighted by molar-refractivity contribution is 5.94. The van der Waals surface area contributed by atoms with E-state index in [2.05, 4.69) is 9.72 Å². The lowest BCUT2D eigenvalue weighted by Gasteiger charge is -2.07. The number of aromatic nitrogens is 1. The topological polar surface area (TPSA) is 39.2 Å². The molecule has 2 aromatic rings. The van der Waals surface area contributed by atoms with Gasteiger partial charge in [0.05, 0.1) is 23.8 Å². The summed E-state index contributed by atoms with van der Waals surface area (Å²) in [7, 11) is 1.21. The van der Waals surface area contributed by atoms with E-state index in [-0.39, 0.29) is 10.9 Å². The molecule has 0 aliphatic heterocycles. The van der Waals surface area contributed by atoms with Gasteiger partial charge in [-0.25, -0.2) is 4.79 Å². The van der Waals surface area contributed by atoms with Crippen molar-refractivity contribution in [1.82, 2.24) is 4.98 Å². The van der Waals surface area contributed by atoms with Gasteiger partial charge in [-0.05, 0) is 24.3 Å². The van der Waals surface area contributed by atoms with Gasteiger partial charge in [0.1, 0.15) is 0 Å². The van der Waals surface area contributed by atoms with Crippen molar-refractivity contribution in [1.29, 1.82) is 0 Å². The number of nitrogens with zero attached hydrogens (tertiary/aromatic N) is 1. The van der Waals surface area contributed by atoms with E-state index in [0.717, 1.165) is 12.3 Å². The molecule has 0 radical (unpaired) electrons. The highest BCUT2D eigenvalue weighted by Crippen LogP contribution is 2.30. The number of fused-ring (bicyclic) bond motifs is 1. The van der Waals surface area contributed by atoms with Crippen molar-refractivity contribution in [2.24, 2.45) is 0 Å². The lowest BCUT2D eigenvalue weighted by molar-refractivity contribution is -0.137. The van der Waals surface area contributed by atoms with E-state index < -0.39 is 17.7 Å². The molecule has 6 heteroatoms. The third kappa shape index (κ3) is 2.27. The van der Waals surface area contributed by atoms with Crippen LogP contribution >= 0.6 is 0 Å². The fourth-order valence-corrected chi connectivity index (χ4v) is 1.53. The van der Waals surface area contributed by atoms with Gasteiger partial charge in [-0.15, -0.1) is 0 Å². The van der Waals surface area contributed by atoms with Crippen LogP contribution in [0.25, 0.3) is 10.9 Å². The molecule has 2 rings (SSSR count). The van der Waals surface area contributed by atoms with Gasteiger partial charge in [0, 0.05) is 11.6 Å². The van der Waals surface area contributed by atoms with E-state index in [4.69, 9.17) is 0 Å². The Balaban J connectivity index is 2.57. The van der Waals surface area contributed by atoms with Gasteiger partial charge in [0.25, 0.3) is 0 Å². The number of benzene rings is 1. The molecule has 0 amide bonds. The van der Waals surface area contributed by atoms with E-state index in [1.54, 1.807) is 0 Å². The molecule has 0 bridgehead atoms. The summed E-state index contributed by atoms with van der Waals surface area (Å²) in [5, 5.41) is 0.243. The number of alkyl halides is 3. The van der Waals surface area contributed by atoms with E-state index in [1.165, 1.54) is 25.3 Å². The molecule has 0 saturated heterocycles. The Hall–Kier alpha value is -2.11. The van der Waals surface area contributed by atoms with Crippen molar-refractivity contribution in [2.45, 2.75) is 6.18 Å². The predicted octanol–water partition coefficient (Wildman–Crippen LogP) is 3.04. The average Bonchev–Trinajstić information content (AvgIpc) is 2.35. The van der Waals surface area contributed by atoms with Crippen LogP contribution in [0.1, 0.15) is 15.9 Å². The third-order valence-corrected chi connectivity index (χ3v) is 2.43. The first-order valence-corrected chi connectivity index (χ1v) is 4.97. The van der Waals surface area contributed by atoms with Crippen LogP contribution in [0.4, 0.5) is 13.2 Å². The number of pyridine rings is 1. The SMILES string of the molecule is COC(=O)c1ccc2ncc(C(F)(F)F)cc2c1. The van der Waals surface area contributed by atoms with Crippen molar-refractivity contribution in [3.63, 3.8) is 0 Å². The Labute approximate surface area is 100 Å². The normalized spacial score (nSPS) is 11.6. The predicted molar refractivity (Wildman–Crippen MR) is 58.1 cm³/mol. The van der Waals surface area contributed by atoms with Gasteiger partial charge >= 0.3 is 12.1 Å². The Morgan fingerprint density at radius 2 is 2.00 bits per heavy atom. The largest absolute Gasteiger partial charge is 0.465 e. The quantitative estimate of drug-likeness (QED) is 0.735. The number of halogens is 3. The maximum Gasteiger partial charge on any atom is 0.417 e. The number of hydrogen-bond donors (Lipinski definition) is 0. The monoisotopic (exact) mass is 255 g/mol. The maximum atomic E-state index is 12.5. The molecule has 1 aromatic heterocycles. The molecule has 0 aliphatic carbocycles. The van der Waals surface area contributed by atoms with Crippen LogP contribution in [0, 0.1) is 0 Å². The number of rotatable bonds is 1. The minimum atomic E-state index is -4.46. The zero-order valence-corrected chi connectivity index (χ0v) is 9.28. The van der Waals surface area contributed by atoms with Gasteiger partial charge in [0.2, 0.25) is 0 Å². The number of carbonyl (C=O) groups excluding carboxylic acids is 1. The van der Waals surface area contributed by atoms with Gasteiger partial charge in [0.15, 0.2) is 0 Å². The Morgan fingerprint density at radius 3 is 2.61 bits per heavy atom. The van der Waals surface area contributed by atoms with Gasteiger partial charge in [-0.3, -0.25) is 4.98 Å². The van der Waals surface area contributed by atoms with Crippen LogP contribution in [0.15, 0.2) is 30.5 Å². The zero-order chi connectivity index (χ0) is 13.3. The molecule has 0 spiro atoms. The van der Waals surface area contributed by atoms with E-state index in [1.807, 2.05) is 0 Å². The fourth-order valence-electron chi connectivity index (χ4n) is 1.53. The molecule has 1 heterocycles. The van der Waals surface area contributed by atoms with Gasteiger partial charge in [-0.1, -0.05) is 0 Å². The molecule has 18 heavy (non-hydrogen) atoms. The van der Waals surface area contributed by atoms with Crippen molar-refractivity contribution < 1.29 is 22.7 Å². The van der Waals surface area contributed by atoms with Crippen LogP contribution in [0.2, 0.25) is 0 Å². The average molecular weight is 255 g/mol. The van der Waals surface area contributed by atoms with Crippen molar-refractivity contribution in [3.05, 3.63) is 41.6 Å². The number of carbonyl (C=O) groups is 1. The minimum Gasteiger partial charge on any atom is -0.465 e. The molecule has 0 N–H and O–H groups in total. The lowest BCUT2D eigenvalue weighted by Crippen LogP contribution is -2.06.